The fourth-order valence-corrected chi connectivity index (χ4v) is 1.80. The number of benzene rings is 2. The van der Waals surface area contributed by atoms with E-state index in [0.717, 1.165) is 19.5 Å². The third-order valence-electron chi connectivity index (χ3n) is 2.68. The van der Waals surface area contributed by atoms with E-state index < -0.39 is 0 Å². The second kappa shape index (κ2) is 5.52. The average Bonchev–Trinajstić information content (AvgIpc) is 2.34. The summed E-state index contributed by atoms with van der Waals surface area (Å²) in [5, 5.41) is 9.16. The van der Waals surface area contributed by atoms with Crippen molar-refractivity contribution in [1.29, 1.82) is 0 Å². The second-order valence-electron chi connectivity index (χ2n) is 3.95. The maximum Gasteiger partial charge on any atom is 0.0346 e. The Balaban J connectivity index is 2.02. The maximum atomic E-state index is 3.43. The van der Waals surface area contributed by atoms with Crippen molar-refractivity contribution >= 4 is 16.5 Å². The third kappa shape index (κ3) is 2.74. The molecule has 0 fully saturated rings. The van der Waals surface area contributed by atoms with E-state index in [4.69, 9.17) is 0 Å². The molecule has 2 aromatic rings. The van der Waals surface area contributed by atoms with E-state index in [1.165, 1.54) is 16.5 Å². The molecule has 0 amide bonds. The molecule has 0 atom stereocenters. The first-order valence-electron chi connectivity index (χ1n) is 5.77. The van der Waals surface area contributed by atoms with E-state index in [1.807, 2.05) is 7.05 Å². The van der Waals surface area contributed by atoms with Gasteiger partial charge in [-0.25, -0.2) is 0 Å². The van der Waals surface area contributed by atoms with Gasteiger partial charge in [0.2, 0.25) is 0 Å². The van der Waals surface area contributed by atoms with Crippen LogP contribution in [0.3, 0.4) is 0 Å². The number of fused-ring (bicyclic) bond motifs is 1. The van der Waals surface area contributed by atoms with Crippen LogP contribution in [0.5, 0.6) is 0 Å². The van der Waals surface area contributed by atoms with Crippen molar-refractivity contribution in [3.8, 4) is 0 Å². The molecule has 2 nitrogen and oxygen atoms in total. The molecule has 0 radical (unpaired) electrons. The summed E-state index contributed by atoms with van der Waals surface area (Å²) in [5.74, 6) is 0. The van der Waals surface area contributed by atoms with Gasteiger partial charge in [-0.05, 0) is 42.9 Å². The van der Waals surface area contributed by atoms with Gasteiger partial charge in [0.25, 0.3) is 0 Å². The van der Waals surface area contributed by atoms with Crippen LogP contribution in [0.2, 0.25) is 0 Å². The van der Waals surface area contributed by atoms with Gasteiger partial charge in [0.15, 0.2) is 0 Å². The van der Waals surface area contributed by atoms with Crippen molar-refractivity contribution in [3.63, 3.8) is 0 Å². The number of hydrogen-bond acceptors (Lipinski definition) is 2. The monoisotopic (exact) mass is 214 g/mol. The molecule has 0 heterocycles. The summed E-state index contributed by atoms with van der Waals surface area (Å²) in [6, 6.07) is 14.9. The highest BCUT2D eigenvalue weighted by Gasteiger charge is 1.94. The van der Waals surface area contributed by atoms with Crippen LogP contribution in [0.4, 0.5) is 5.69 Å². The van der Waals surface area contributed by atoms with Crippen molar-refractivity contribution < 1.29 is 0 Å². The van der Waals surface area contributed by atoms with E-state index in [2.05, 4.69) is 53.1 Å². The minimum atomic E-state index is 1.01. The Morgan fingerprint density at radius 2 is 1.75 bits per heavy atom. The molecular formula is C14H18N2. The Bertz CT molecular complexity index is 451. The highest BCUT2D eigenvalue weighted by Crippen LogP contribution is 2.18. The summed E-state index contributed by atoms with van der Waals surface area (Å²) in [5.41, 5.74) is 1.20. The van der Waals surface area contributed by atoms with E-state index in [9.17, 15) is 0 Å². The van der Waals surface area contributed by atoms with E-state index in [1.54, 1.807) is 0 Å². The van der Waals surface area contributed by atoms with Crippen molar-refractivity contribution in [2.24, 2.45) is 0 Å². The lowest BCUT2D eigenvalue weighted by Gasteiger charge is -2.07. The quantitative estimate of drug-likeness (QED) is 0.748. The molecule has 0 unspecified atom stereocenters. The molecule has 0 saturated carbocycles. The Hall–Kier alpha value is -1.54. The largest absolute Gasteiger partial charge is 0.385 e. The van der Waals surface area contributed by atoms with Gasteiger partial charge in [-0.1, -0.05) is 30.3 Å². The van der Waals surface area contributed by atoms with Crippen LogP contribution in [0.25, 0.3) is 10.8 Å². The molecule has 2 heteroatoms. The summed E-state index contributed by atoms with van der Waals surface area (Å²) in [6.07, 6.45) is 1.14. The zero-order valence-electron chi connectivity index (χ0n) is 9.66. The summed E-state index contributed by atoms with van der Waals surface area (Å²) in [7, 11) is 1.98. The molecule has 0 bridgehead atoms. The first-order chi connectivity index (χ1) is 7.90. The molecule has 2 N–H and O–H groups in total. The average molecular weight is 214 g/mol. The molecule has 16 heavy (non-hydrogen) atoms. The number of hydrogen-bond donors (Lipinski definition) is 2. The molecule has 2 rings (SSSR count). The van der Waals surface area contributed by atoms with Crippen LogP contribution < -0.4 is 10.6 Å². The lowest BCUT2D eigenvalue weighted by molar-refractivity contribution is 0.748. The molecule has 0 aliphatic rings. The maximum absolute atomic E-state index is 3.43. The Labute approximate surface area is 96.7 Å². The van der Waals surface area contributed by atoms with Gasteiger partial charge in [-0.3, -0.25) is 0 Å². The fourth-order valence-electron chi connectivity index (χ4n) is 1.80. The molecule has 84 valence electrons. The lowest BCUT2D eigenvalue weighted by atomic mass is 10.1. The van der Waals surface area contributed by atoms with Crippen molar-refractivity contribution in [1.82, 2.24) is 5.32 Å². The minimum absolute atomic E-state index is 1.01. The van der Waals surface area contributed by atoms with E-state index >= 15 is 0 Å². The normalized spacial score (nSPS) is 10.6. The summed E-state index contributed by atoms with van der Waals surface area (Å²) in [6.45, 7) is 2.07. The van der Waals surface area contributed by atoms with Gasteiger partial charge < -0.3 is 10.6 Å². The first kappa shape index (κ1) is 11.0. The van der Waals surface area contributed by atoms with Crippen LogP contribution in [-0.4, -0.2) is 20.1 Å². The predicted octanol–water partition coefficient (Wildman–Crippen LogP) is 2.86. The van der Waals surface area contributed by atoms with Crippen LogP contribution in [0, 0.1) is 0 Å². The van der Waals surface area contributed by atoms with Gasteiger partial charge in [0.05, 0.1) is 0 Å². The molecule has 0 spiro atoms. The predicted molar refractivity (Wildman–Crippen MR) is 71.0 cm³/mol. The zero-order valence-corrected chi connectivity index (χ0v) is 9.66. The number of nitrogens with one attached hydrogen (secondary N) is 2. The number of anilines is 1. The Morgan fingerprint density at radius 3 is 2.56 bits per heavy atom. The van der Waals surface area contributed by atoms with Crippen LogP contribution in [0.15, 0.2) is 42.5 Å². The van der Waals surface area contributed by atoms with Crippen molar-refractivity contribution in [2.75, 3.05) is 25.5 Å². The van der Waals surface area contributed by atoms with Gasteiger partial charge in [-0.2, -0.15) is 0 Å². The highest BCUT2D eigenvalue weighted by molar-refractivity contribution is 5.85. The second-order valence-corrected chi connectivity index (χ2v) is 3.95. The summed E-state index contributed by atoms with van der Waals surface area (Å²) in [4.78, 5) is 0. The van der Waals surface area contributed by atoms with E-state index in [0.29, 0.717) is 0 Å². The standard InChI is InChI=1S/C14H18N2/c1-15-9-4-10-16-14-8-7-12-5-2-3-6-13(12)11-14/h2-3,5-8,11,15-16H,4,9-10H2,1H3. The fraction of sp³-hybridized carbons (Fsp3) is 0.286. The van der Waals surface area contributed by atoms with Crippen molar-refractivity contribution in [2.45, 2.75) is 6.42 Å². The first-order valence-corrected chi connectivity index (χ1v) is 5.77. The molecular weight excluding hydrogens is 196 g/mol. The molecule has 0 aromatic heterocycles. The van der Waals surface area contributed by atoms with Crippen LogP contribution in [-0.2, 0) is 0 Å². The van der Waals surface area contributed by atoms with Gasteiger partial charge >= 0.3 is 0 Å². The molecule has 0 saturated heterocycles. The molecule has 0 aliphatic heterocycles. The Kier molecular flexibility index (Phi) is 3.78. The van der Waals surface area contributed by atoms with Crippen LogP contribution in [0.1, 0.15) is 6.42 Å². The highest BCUT2D eigenvalue weighted by atomic mass is 14.9. The van der Waals surface area contributed by atoms with Gasteiger partial charge in [0, 0.05) is 12.2 Å². The third-order valence-corrected chi connectivity index (χ3v) is 2.68. The molecule has 2 aromatic carbocycles. The summed E-state index contributed by atoms with van der Waals surface area (Å²) >= 11 is 0. The topological polar surface area (TPSA) is 24.1 Å². The van der Waals surface area contributed by atoms with Crippen LogP contribution >= 0.6 is 0 Å². The van der Waals surface area contributed by atoms with Crippen molar-refractivity contribution in [3.05, 3.63) is 42.5 Å². The smallest absolute Gasteiger partial charge is 0.0346 e. The van der Waals surface area contributed by atoms with Gasteiger partial charge in [0.1, 0.15) is 0 Å². The van der Waals surface area contributed by atoms with E-state index in [-0.39, 0.29) is 0 Å². The Morgan fingerprint density at radius 1 is 0.938 bits per heavy atom. The SMILES string of the molecule is CNCCCNc1ccc2ccccc2c1. The molecule has 0 aliphatic carbocycles. The zero-order chi connectivity index (χ0) is 11.2. The summed E-state index contributed by atoms with van der Waals surface area (Å²) < 4.78 is 0. The minimum Gasteiger partial charge on any atom is -0.385 e. The lowest BCUT2D eigenvalue weighted by Crippen LogP contribution is -2.12. The number of rotatable bonds is 5. The van der Waals surface area contributed by atoms with Gasteiger partial charge in [-0.15, -0.1) is 0 Å².